The molecule has 0 radical (unpaired) electrons. The number of nitriles is 1. The molecule has 0 aliphatic carbocycles. The van der Waals surface area contributed by atoms with Crippen LogP contribution >= 0.6 is 0 Å². The number of benzene rings is 3. The zero-order chi connectivity index (χ0) is 14.7. The summed E-state index contributed by atoms with van der Waals surface area (Å²) in [5, 5.41) is 8.87. The summed E-state index contributed by atoms with van der Waals surface area (Å²) in [6, 6.07) is 24.0. The van der Waals surface area contributed by atoms with Gasteiger partial charge in [0.25, 0.3) is 0 Å². The molecule has 100 valence electrons. The molecule has 0 aliphatic heterocycles. The lowest BCUT2D eigenvalue weighted by molar-refractivity contribution is 0.628. The Bertz CT molecular complexity index is 813. The standard InChI is InChI=1S/C19H12FN/c20-17-5-3-4-16(12-17)19-7-2-1-6-18(19)15-10-8-14(13-21)9-11-15/h1-12H. The smallest absolute Gasteiger partial charge is 0.123 e. The van der Waals surface area contributed by atoms with E-state index in [0.717, 1.165) is 22.3 Å². The lowest BCUT2D eigenvalue weighted by Gasteiger charge is -2.10. The van der Waals surface area contributed by atoms with Crippen LogP contribution in [0.2, 0.25) is 0 Å². The molecular weight excluding hydrogens is 261 g/mol. The Hall–Kier alpha value is -2.92. The van der Waals surface area contributed by atoms with E-state index in [-0.39, 0.29) is 5.82 Å². The summed E-state index contributed by atoms with van der Waals surface area (Å²) in [6.45, 7) is 0. The van der Waals surface area contributed by atoms with Gasteiger partial charge in [-0.05, 0) is 46.5 Å². The SMILES string of the molecule is N#Cc1ccc(-c2ccccc2-c2cccc(F)c2)cc1. The molecule has 0 unspecified atom stereocenters. The monoisotopic (exact) mass is 273 g/mol. The second-order valence-corrected chi connectivity index (χ2v) is 4.75. The Morgan fingerprint density at radius 2 is 1.38 bits per heavy atom. The van der Waals surface area contributed by atoms with E-state index in [9.17, 15) is 4.39 Å². The summed E-state index contributed by atoms with van der Waals surface area (Å²) in [7, 11) is 0. The fourth-order valence-corrected chi connectivity index (χ4v) is 2.37. The van der Waals surface area contributed by atoms with Crippen LogP contribution in [-0.4, -0.2) is 0 Å². The summed E-state index contributed by atoms with van der Waals surface area (Å²) >= 11 is 0. The third-order valence-electron chi connectivity index (χ3n) is 3.39. The third kappa shape index (κ3) is 2.68. The van der Waals surface area contributed by atoms with E-state index in [1.807, 2.05) is 42.5 Å². The molecule has 0 saturated heterocycles. The first-order chi connectivity index (χ1) is 10.3. The van der Waals surface area contributed by atoms with Crippen molar-refractivity contribution in [2.45, 2.75) is 0 Å². The second kappa shape index (κ2) is 5.60. The first kappa shape index (κ1) is 13.1. The third-order valence-corrected chi connectivity index (χ3v) is 3.39. The average molecular weight is 273 g/mol. The van der Waals surface area contributed by atoms with Crippen LogP contribution in [-0.2, 0) is 0 Å². The maximum absolute atomic E-state index is 13.4. The minimum absolute atomic E-state index is 0.248. The Labute approximate surface area is 122 Å². The summed E-state index contributed by atoms with van der Waals surface area (Å²) in [5.41, 5.74) is 4.47. The van der Waals surface area contributed by atoms with Gasteiger partial charge in [0.05, 0.1) is 11.6 Å². The van der Waals surface area contributed by atoms with Crippen LogP contribution in [0.5, 0.6) is 0 Å². The van der Waals surface area contributed by atoms with Gasteiger partial charge in [-0.3, -0.25) is 0 Å². The molecule has 0 N–H and O–H groups in total. The van der Waals surface area contributed by atoms with Crippen LogP contribution < -0.4 is 0 Å². The van der Waals surface area contributed by atoms with Crippen molar-refractivity contribution in [1.29, 1.82) is 5.26 Å². The predicted octanol–water partition coefficient (Wildman–Crippen LogP) is 5.03. The largest absolute Gasteiger partial charge is 0.207 e. The van der Waals surface area contributed by atoms with E-state index in [1.165, 1.54) is 12.1 Å². The van der Waals surface area contributed by atoms with Gasteiger partial charge in [-0.15, -0.1) is 0 Å². The van der Waals surface area contributed by atoms with E-state index in [2.05, 4.69) is 6.07 Å². The van der Waals surface area contributed by atoms with E-state index >= 15 is 0 Å². The Kier molecular flexibility index (Phi) is 3.49. The van der Waals surface area contributed by atoms with E-state index < -0.39 is 0 Å². The van der Waals surface area contributed by atoms with Gasteiger partial charge in [0.2, 0.25) is 0 Å². The Balaban J connectivity index is 2.13. The molecule has 3 rings (SSSR count). The molecule has 0 heterocycles. The molecule has 2 heteroatoms. The number of halogens is 1. The highest BCUT2D eigenvalue weighted by atomic mass is 19.1. The van der Waals surface area contributed by atoms with E-state index in [4.69, 9.17) is 5.26 Å². The second-order valence-electron chi connectivity index (χ2n) is 4.75. The van der Waals surface area contributed by atoms with E-state index in [0.29, 0.717) is 5.56 Å². The van der Waals surface area contributed by atoms with Gasteiger partial charge in [0.15, 0.2) is 0 Å². The number of rotatable bonds is 2. The molecule has 3 aromatic carbocycles. The van der Waals surface area contributed by atoms with Gasteiger partial charge in [-0.25, -0.2) is 4.39 Å². The molecule has 0 fully saturated rings. The summed E-state index contributed by atoms with van der Waals surface area (Å²) < 4.78 is 13.4. The number of hydrogen-bond acceptors (Lipinski definition) is 1. The minimum atomic E-state index is -0.248. The normalized spacial score (nSPS) is 10.1. The summed E-state index contributed by atoms with van der Waals surface area (Å²) in [5.74, 6) is -0.248. The van der Waals surface area contributed by atoms with Crippen LogP contribution in [0.4, 0.5) is 4.39 Å². The number of nitrogens with zero attached hydrogens (tertiary/aromatic N) is 1. The molecule has 0 amide bonds. The molecule has 0 aromatic heterocycles. The van der Waals surface area contributed by atoms with Gasteiger partial charge in [0, 0.05) is 0 Å². The highest BCUT2D eigenvalue weighted by molar-refractivity contribution is 5.83. The van der Waals surface area contributed by atoms with Gasteiger partial charge in [-0.2, -0.15) is 5.26 Å². The minimum Gasteiger partial charge on any atom is -0.207 e. The molecule has 0 aliphatic rings. The highest BCUT2D eigenvalue weighted by Crippen LogP contribution is 2.32. The van der Waals surface area contributed by atoms with Crippen molar-refractivity contribution in [2.75, 3.05) is 0 Å². The molecule has 0 saturated carbocycles. The van der Waals surface area contributed by atoms with Crippen molar-refractivity contribution >= 4 is 0 Å². The van der Waals surface area contributed by atoms with Crippen LogP contribution in [0.3, 0.4) is 0 Å². The summed E-state index contributed by atoms with van der Waals surface area (Å²) in [6.07, 6.45) is 0. The summed E-state index contributed by atoms with van der Waals surface area (Å²) in [4.78, 5) is 0. The predicted molar refractivity (Wildman–Crippen MR) is 82.0 cm³/mol. The Morgan fingerprint density at radius 3 is 2.00 bits per heavy atom. The van der Waals surface area contributed by atoms with Crippen molar-refractivity contribution in [1.82, 2.24) is 0 Å². The fourth-order valence-electron chi connectivity index (χ4n) is 2.37. The van der Waals surface area contributed by atoms with Crippen LogP contribution in [0, 0.1) is 17.1 Å². The van der Waals surface area contributed by atoms with Crippen LogP contribution in [0.25, 0.3) is 22.3 Å². The number of hydrogen-bond donors (Lipinski definition) is 0. The van der Waals surface area contributed by atoms with Crippen molar-refractivity contribution < 1.29 is 4.39 Å². The average Bonchev–Trinajstić information content (AvgIpc) is 2.55. The maximum Gasteiger partial charge on any atom is 0.123 e. The molecule has 1 nitrogen and oxygen atoms in total. The fraction of sp³-hybridized carbons (Fsp3) is 0. The molecular formula is C19H12FN. The van der Waals surface area contributed by atoms with Crippen LogP contribution in [0.1, 0.15) is 5.56 Å². The first-order valence-corrected chi connectivity index (χ1v) is 6.63. The lowest BCUT2D eigenvalue weighted by Crippen LogP contribution is -1.86. The van der Waals surface area contributed by atoms with E-state index in [1.54, 1.807) is 18.2 Å². The highest BCUT2D eigenvalue weighted by Gasteiger charge is 2.07. The quantitative estimate of drug-likeness (QED) is 0.642. The maximum atomic E-state index is 13.4. The molecule has 0 atom stereocenters. The topological polar surface area (TPSA) is 23.8 Å². The zero-order valence-corrected chi connectivity index (χ0v) is 11.3. The Morgan fingerprint density at radius 1 is 0.714 bits per heavy atom. The van der Waals surface area contributed by atoms with Gasteiger partial charge >= 0.3 is 0 Å². The lowest BCUT2D eigenvalue weighted by atomic mass is 9.94. The van der Waals surface area contributed by atoms with Crippen molar-refractivity contribution in [3.05, 3.63) is 84.2 Å². The van der Waals surface area contributed by atoms with Crippen molar-refractivity contribution in [2.24, 2.45) is 0 Å². The zero-order valence-electron chi connectivity index (χ0n) is 11.3. The molecule has 0 bridgehead atoms. The van der Waals surface area contributed by atoms with Gasteiger partial charge in [-0.1, -0.05) is 48.5 Å². The molecule has 0 spiro atoms. The first-order valence-electron chi connectivity index (χ1n) is 6.63. The molecule has 21 heavy (non-hydrogen) atoms. The van der Waals surface area contributed by atoms with Crippen molar-refractivity contribution in [3.8, 4) is 28.3 Å². The molecule has 3 aromatic rings. The van der Waals surface area contributed by atoms with Gasteiger partial charge in [0.1, 0.15) is 5.82 Å². The van der Waals surface area contributed by atoms with Crippen LogP contribution in [0.15, 0.2) is 72.8 Å². The van der Waals surface area contributed by atoms with Gasteiger partial charge < -0.3 is 0 Å². The van der Waals surface area contributed by atoms with Crippen molar-refractivity contribution in [3.63, 3.8) is 0 Å².